The van der Waals surface area contributed by atoms with Crippen molar-refractivity contribution in [2.75, 3.05) is 7.05 Å². The maximum Gasteiger partial charge on any atom is 0.257 e. The van der Waals surface area contributed by atoms with E-state index in [9.17, 15) is 9.90 Å². The second-order valence-corrected chi connectivity index (χ2v) is 5.10. The van der Waals surface area contributed by atoms with E-state index in [1.54, 1.807) is 11.9 Å². The summed E-state index contributed by atoms with van der Waals surface area (Å²) in [5, 5.41) is 9.62. The summed E-state index contributed by atoms with van der Waals surface area (Å²) in [6.45, 7) is 0.480. The SMILES string of the molecule is CN(Cc1ccc(Br)cc1)C(=O)c1ccncc1O. The van der Waals surface area contributed by atoms with Crippen LogP contribution in [0.25, 0.3) is 0 Å². The second-order valence-electron chi connectivity index (χ2n) is 4.18. The van der Waals surface area contributed by atoms with Gasteiger partial charge in [0.2, 0.25) is 0 Å². The molecule has 0 aliphatic heterocycles. The molecule has 0 saturated carbocycles. The highest BCUT2D eigenvalue weighted by atomic mass is 79.9. The van der Waals surface area contributed by atoms with E-state index in [2.05, 4.69) is 20.9 Å². The van der Waals surface area contributed by atoms with E-state index < -0.39 is 0 Å². The summed E-state index contributed by atoms with van der Waals surface area (Å²) in [6, 6.07) is 9.26. The molecule has 0 unspecified atom stereocenters. The van der Waals surface area contributed by atoms with Gasteiger partial charge in [0.15, 0.2) is 0 Å². The Morgan fingerprint density at radius 3 is 2.63 bits per heavy atom. The molecule has 1 amide bonds. The van der Waals surface area contributed by atoms with Crippen molar-refractivity contribution in [3.8, 4) is 5.75 Å². The summed E-state index contributed by atoms with van der Waals surface area (Å²) < 4.78 is 0.997. The number of amides is 1. The lowest BCUT2D eigenvalue weighted by Gasteiger charge is -2.17. The molecule has 1 heterocycles. The molecule has 0 bridgehead atoms. The number of aromatic nitrogens is 1. The van der Waals surface area contributed by atoms with Crippen molar-refractivity contribution in [1.82, 2.24) is 9.88 Å². The molecular weight excluding hydrogens is 308 g/mol. The first-order valence-electron chi connectivity index (χ1n) is 5.71. The molecule has 0 spiro atoms. The Morgan fingerprint density at radius 2 is 2.00 bits per heavy atom. The molecule has 0 fully saturated rings. The zero-order chi connectivity index (χ0) is 13.8. The lowest BCUT2D eigenvalue weighted by molar-refractivity contribution is 0.0782. The zero-order valence-electron chi connectivity index (χ0n) is 10.4. The fourth-order valence-electron chi connectivity index (χ4n) is 1.71. The summed E-state index contributed by atoms with van der Waals surface area (Å²) in [5.41, 5.74) is 1.28. The highest BCUT2D eigenvalue weighted by Crippen LogP contribution is 2.17. The number of rotatable bonds is 3. The van der Waals surface area contributed by atoms with Crippen LogP contribution in [0.3, 0.4) is 0 Å². The van der Waals surface area contributed by atoms with Crippen molar-refractivity contribution in [2.45, 2.75) is 6.54 Å². The minimum atomic E-state index is -0.234. The quantitative estimate of drug-likeness (QED) is 0.946. The van der Waals surface area contributed by atoms with Crippen molar-refractivity contribution in [2.24, 2.45) is 0 Å². The van der Waals surface area contributed by atoms with Crippen LogP contribution in [-0.4, -0.2) is 27.9 Å². The molecule has 5 heteroatoms. The number of carbonyl (C=O) groups is 1. The third-order valence-electron chi connectivity index (χ3n) is 2.71. The number of hydrogen-bond acceptors (Lipinski definition) is 3. The van der Waals surface area contributed by atoms with Gasteiger partial charge in [0.25, 0.3) is 5.91 Å². The van der Waals surface area contributed by atoms with Crippen molar-refractivity contribution in [3.63, 3.8) is 0 Å². The highest BCUT2D eigenvalue weighted by Gasteiger charge is 2.15. The molecule has 0 aliphatic carbocycles. The largest absolute Gasteiger partial charge is 0.505 e. The van der Waals surface area contributed by atoms with Crippen molar-refractivity contribution in [3.05, 3.63) is 58.3 Å². The molecular formula is C14H13BrN2O2. The minimum Gasteiger partial charge on any atom is -0.505 e. The molecule has 1 N–H and O–H groups in total. The number of hydrogen-bond donors (Lipinski definition) is 1. The maximum absolute atomic E-state index is 12.2. The van der Waals surface area contributed by atoms with E-state index in [-0.39, 0.29) is 17.2 Å². The van der Waals surface area contributed by atoms with Gasteiger partial charge in [-0.15, -0.1) is 0 Å². The molecule has 1 aromatic heterocycles. The number of halogens is 1. The van der Waals surface area contributed by atoms with Crippen LogP contribution in [0.15, 0.2) is 47.2 Å². The van der Waals surface area contributed by atoms with Gasteiger partial charge in [-0.2, -0.15) is 0 Å². The first-order valence-corrected chi connectivity index (χ1v) is 6.50. The van der Waals surface area contributed by atoms with Crippen LogP contribution < -0.4 is 0 Å². The van der Waals surface area contributed by atoms with Crippen LogP contribution >= 0.6 is 15.9 Å². The Labute approximate surface area is 119 Å². The normalized spacial score (nSPS) is 10.2. The number of pyridine rings is 1. The fraction of sp³-hybridized carbons (Fsp3) is 0.143. The molecule has 0 radical (unpaired) electrons. The summed E-state index contributed by atoms with van der Waals surface area (Å²) in [7, 11) is 1.70. The smallest absolute Gasteiger partial charge is 0.257 e. The van der Waals surface area contributed by atoms with Crippen LogP contribution in [0.4, 0.5) is 0 Å². The molecule has 0 atom stereocenters. The number of carbonyl (C=O) groups excluding carboxylic acids is 1. The lowest BCUT2D eigenvalue weighted by atomic mass is 10.2. The molecule has 2 rings (SSSR count). The van der Waals surface area contributed by atoms with E-state index >= 15 is 0 Å². The van der Waals surface area contributed by atoms with Gasteiger partial charge in [0.1, 0.15) is 5.75 Å². The lowest BCUT2D eigenvalue weighted by Crippen LogP contribution is -2.26. The Hall–Kier alpha value is -1.88. The van der Waals surface area contributed by atoms with Crippen molar-refractivity contribution in [1.29, 1.82) is 0 Å². The Balaban J connectivity index is 2.12. The van der Waals surface area contributed by atoms with Gasteiger partial charge >= 0.3 is 0 Å². The standard InChI is InChI=1S/C14H13BrN2O2/c1-17(9-10-2-4-11(15)5-3-10)14(19)12-6-7-16-8-13(12)18/h2-8,18H,9H2,1H3. The van der Waals surface area contributed by atoms with E-state index in [4.69, 9.17) is 0 Å². The Bertz CT molecular complexity index is 584. The van der Waals surface area contributed by atoms with Gasteiger partial charge < -0.3 is 10.0 Å². The third kappa shape index (κ3) is 3.32. The number of nitrogens with zero attached hydrogens (tertiary/aromatic N) is 2. The summed E-state index contributed by atoms with van der Waals surface area (Å²) in [6.07, 6.45) is 2.75. The molecule has 98 valence electrons. The molecule has 4 nitrogen and oxygen atoms in total. The summed E-state index contributed by atoms with van der Waals surface area (Å²) in [5.74, 6) is -0.335. The van der Waals surface area contributed by atoms with E-state index in [0.717, 1.165) is 10.0 Å². The van der Waals surface area contributed by atoms with Crippen molar-refractivity contribution >= 4 is 21.8 Å². The van der Waals surface area contributed by atoms with Crippen molar-refractivity contribution < 1.29 is 9.90 Å². The Morgan fingerprint density at radius 1 is 1.32 bits per heavy atom. The second kappa shape index (κ2) is 5.84. The Kier molecular flexibility index (Phi) is 4.16. The van der Waals surface area contributed by atoms with Gasteiger partial charge in [0, 0.05) is 24.3 Å². The van der Waals surface area contributed by atoms with E-state index in [1.807, 2.05) is 24.3 Å². The first-order chi connectivity index (χ1) is 9.08. The first kappa shape index (κ1) is 13.5. The summed E-state index contributed by atoms with van der Waals surface area (Å²) in [4.78, 5) is 17.5. The predicted octanol–water partition coefficient (Wildman–Crippen LogP) is 2.82. The van der Waals surface area contributed by atoms with E-state index in [0.29, 0.717) is 6.54 Å². The predicted molar refractivity (Wildman–Crippen MR) is 75.8 cm³/mol. The molecule has 1 aromatic carbocycles. The number of benzene rings is 1. The van der Waals surface area contributed by atoms with Crippen LogP contribution in [0, 0.1) is 0 Å². The van der Waals surface area contributed by atoms with E-state index in [1.165, 1.54) is 18.5 Å². The molecule has 0 saturated heterocycles. The highest BCUT2D eigenvalue weighted by molar-refractivity contribution is 9.10. The third-order valence-corrected chi connectivity index (χ3v) is 3.24. The van der Waals surface area contributed by atoms with Gasteiger partial charge in [-0.25, -0.2) is 0 Å². The van der Waals surface area contributed by atoms with Gasteiger partial charge in [-0.05, 0) is 23.8 Å². The molecule has 19 heavy (non-hydrogen) atoms. The average Bonchev–Trinajstić information content (AvgIpc) is 2.41. The van der Waals surface area contributed by atoms with Crippen LogP contribution in [-0.2, 0) is 6.54 Å². The molecule has 0 aliphatic rings. The number of aromatic hydroxyl groups is 1. The van der Waals surface area contributed by atoms with Gasteiger partial charge in [-0.3, -0.25) is 9.78 Å². The van der Waals surface area contributed by atoms with Crippen LogP contribution in [0.1, 0.15) is 15.9 Å². The van der Waals surface area contributed by atoms with Gasteiger partial charge in [-0.1, -0.05) is 28.1 Å². The van der Waals surface area contributed by atoms with Gasteiger partial charge in [0.05, 0.1) is 11.8 Å². The fourth-order valence-corrected chi connectivity index (χ4v) is 1.97. The minimum absolute atomic E-state index is 0.102. The van der Waals surface area contributed by atoms with Crippen LogP contribution in [0.2, 0.25) is 0 Å². The average molecular weight is 321 g/mol. The summed E-state index contributed by atoms with van der Waals surface area (Å²) >= 11 is 3.37. The molecule has 2 aromatic rings. The van der Waals surface area contributed by atoms with Crippen LogP contribution in [0.5, 0.6) is 5.75 Å². The topological polar surface area (TPSA) is 53.4 Å². The monoisotopic (exact) mass is 320 g/mol. The maximum atomic E-state index is 12.2. The zero-order valence-corrected chi connectivity index (χ0v) is 12.0.